The summed E-state index contributed by atoms with van der Waals surface area (Å²) >= 11 is 0. The van der Waals surface area contributed by atoms with E-state index in [1.165, 1.54) is 17.5 Å². The highest BCUT2D eigenvalue weighted by Crippen LogP contribution is 2.41. The second kappa shape index (κ2) is 6.43. The maximum absolute atomic E-state index is 11.8. The predicted octanol–water partition coefficient (Wildman–Crippen LogP) is 2.46. The molecule has 6 nitrogen and oxygen atoms in total. The molecule has 4 heterocycles. The summed E-state index contributed by atoms with van der Waals surface area (Å²) in [5.74, 6) is 0. The molecule has 4 rings (SSSR count). The Labute approximate surface area is 155 Å². The van der Waals surface area contributed by atoms with Crippen molar-refractivity contribution in [1.29, 1.82) is 0 Å². The third-order valence-electron chi connectivity index (χ3n) is 6.73. The SMILES string of the molecule is CC1(C)OCc2cnn(C3(C)CCN(CC4(C=O)CCOCC4)CC3)c21. The number of piperidine rings is 1. The van der Waals surface area contributed by atoms with Crippen molar-refractivity contribution in [3.63, 3.8) is 0 Å². The molecule has 1 aromatic heterocycles. The summed E-state index contributed by atoms with van der Waals surface area (Å²) in [5.41, 5.74) is 1.99. The number of aromatic nitrogens is 2. The van der Waals surface area contributed by atoms with Crippen molar-refractivity contribution in [1.82, 2.24) is 14.7 Å². The van der Waals surface area contributed by atoms with E-state index in [9.17, 15) is 4.79 Å². The second-order valence-corrected chi connectivity index (χ2v) is 9.09. The number of aldehydes is 1. The van der Waals surface area contributed by atoms with E-state index in [4.69, 9.17) is 14.6 Å². The average molecular weight is 361 g/mol. The zero-order chi connectivity index (χ0) is 18.4. The minimum absolute atomic E-state index is 0.0130. The van der Waals surface area contributed by atoms with Crippen LogP contribution in [0.15, 0.2) is 6.20 Å². The molecule has 3 aliphatic heterocycles. The molecule has 2 saturated heterocycles. The van der Waals surface area contributed by atoms with E-state index in [1.54, 1.807) is 0 Å². The van der Waals surface area contributed by atoms with Crippen LogP contribution in [0.1, 0.15) is 57.7 Å². The van der Waals surface area contributed by atoms with Crippen LogP contribution in [0.25, 0.3) is 0 Å². The third-order valence-corrected chi connectivity index (χ3v) is 6.73. The van der Waals surface area contributed by atoms with Gasteiger partial charge in [0.2, 0.25) is 0 Å². The number of carbonyl (C=O) groups is 1. The summed E-state index contributed by atoms with van der Waals surface area (Å²) in [6.45, 7) is 11.5. The minimum Gasteiger partial charge on any atom is -0.381 e. The van der Waals surface area contributed by atoms with Gasteiger partial charge in [0, 0.05) is 43.8 Å². The molecular formula is C20H31N3O3. The molecule has 144 valence electrons. The summed E-state index contributed by atoms with van der Waals surface area (Å²) in [7, 11) is 0. The van der Waals surface area contributed by atoms with E-state index in [0.29, 0.717) is 19.8 Å². The number of likely N-dealkylation sites (tertiary alicyclic amines) is 1. The summed E-state index contributed by atoms with van der Waals surface area (Å²) in [4.78, 5) is 14.2. The fraction of sp³-hybridized carbons (Fsp3) is 0.800. The summed E-state index contributed by atoms with van der Waals surface area (Å²) < 4.78 is 13.6. The summed E-state index contributed by atoms with van der Waals surface area (Å²) in [6.07, 6.45) is 6.95. The molecule has 1 aromatic rings. The van der Waals surface area contributed by atoms with Crippen LogP contribution in [0.3, 0.4) is 0 Å². The molecular weight excluding hydrogens is 330 g/mol. The second-order valence-electron chi connectivity index (χ2n) is 9.09. The highest BCUT2D eigenvalue weighted by atomic mass is 16.5. The van der Waals surface area contributed by atoms with Crippen molar-refractivity contribution in [3.8, 4) is 0 Å². The van der Waals surface area contributed by atoms with E-state index in [0.717, 1.165) is 45.3 Å². The molecule has 0 bridgehead atoms. The molecule has 2 fully saturated rings. The molecule has 0 N–H and O–H groups in total. The smallest absolute Gasteiger partial charge is 0.127 e. The monoisotopic (exact) mass is 361 g/mol. The van der Waals surface area contributed by atoms with Crippen LogP contribution in [0.5, 0.6) is 0 Å². The van der Waals surface area contributed by atoms with E-state index in [1.807, 2.05) is 6.20 Å². The number of ether oxygens (including phenoxy) is 2. The highest BCUT2D eigenvalue weighted by molar-refractivity contribution is 5.60. The number of fused-ring (bicyclic) bond motifs is 1. The lowest BCUT2D eigenvalue weighted by molar-refractivity contribution is -0.123. The standard InChI is InChI=1S/C20H31N3O3/c1-18(2)17-16(13-26-18)12-21-23(17)19(3)4-8-22(9-5-19)14-20(15-24)6-10-25-11-7-20/h12,15H,4-11,13-14H2,1-3H3. The quantitative estimate of drug-likeness (QED) is 0.771. The maximum atomic E-state index is 11.8. The Kier molecular flexibility index (Phi) is 4.48. The number of carbonyl (C=O) groups excluding carboxylic acids is 1. The van der Waals surface area contributed by atoms with Crippen molar-refractivity contribution >= 4 is 6.29 Å². The number of hydrogen-bond donors (Lipinski definition) is 0. The largest absolute Gasteiger partial charge is 0.381 e. The third kappa shape index (κ3) is 3.02. The summed E-state index contributed by atoms with van der Waals surface area (Å²) in [6, 6.07) is 0. The Morgan fingerprint density at radius 3 is 2.50 bits per heavy atom. The van der Waals surface area contributed by atoms with Crippen molar-refractivity contribution in [2.45, 2.75) is 64.2 Å². The molecule has 0 amide bonds. The number of nitrogens with zero attached hydrogens (tertiary/aromatic N) is 3. The minimum atomic E-state index is -0.268. The molecule has 0 spiro atoms. The first-order valence-corrected chi connectivity index (χ1v) is 9.86. The molecule has 0 aliphatic carbocycles. The van der Waals surface area contributed by atoms with Gasteiger partial charge in [-0.3, -0.25) is 4.68 Å². The highest BCUT2D eigenvalue weighted by Gasteiger charge is 2.43. The van der Waals surface area contributed by atoms with Crippen LogP contribution in [0.2, 0.25) is 0 Å². The fourth-order valence-electron chi connectivity index (χ4n) is 4.81. The van der Waals surface area contributed by atoms with Gasteiger partial charge in [-0.1, -0.05) is 0 Å². The van der Waals surface area contributed by atoms with E-state index in [2.05, 4.69) is 30.4 Å². The fourth-order valence-corrected chi connectivity index (χ4v) is 4.81. The van der Waals surface area contributed by atoms with Crippen LogP contribution in [-0.2, 0) is 32.0 Å². The van der Waals surface area contributed by atoms with E-state index >= 15 is 0 Å². The van der Waals surface area contributed by atoms with Gasteiger partial charge >= 0.3 is 0 Å². The number of hydrogen-bond acceptors (Lipinski definition) is 5. The van der Waals surface area contributed by atoms with Crippen LogP contribution in [-0.4, -0.2) is 53.8 Å². The van der Waals surface area contributed by atoms with E-state index < -0.39 is 0 Å². The van der Waals surface area contributed by atoms with Gasteiger partial charge in [-0.15, -0.1) is 0 Å². The molecule has 3 aliphatic rings. The van der Waals surface area contributed by atoms with Gasteiger partial charge in [0.1, 0.15) is 11.9 Å². The van der Waals surface area contributed by atoms with Gasteiger partial charge in [-0.05, 0) is 46.5 Å². The Balaban J connectivity index is 1.46. The first kappa shape index (κ1) is 18.1. The molecule has 0 unspecified atom stereocenters. The van der Waals surface area contributed by atoms with Crippen molar-refractivity contribution in [2.75, 3.05) is 32.8 Å². The molecule has 0 saturated carbocycles. The van der Waals surface area contributed by atoms with E-state index in [-0.39, 0.29) is 16.6 Å². The van der Waals surface area contributed by atoms with Crippen LogP contribution in [0.4, 0.5) is 0 Å². The van der Waals surface area contributed by atoms with Gasteiger partial charge in [0.15, 0.2) is 0 Å². The Hall–Kier alpha value is -1.24. The van der Waals surface area contributed by atoms with Crippen LogP contribution < -0.4 is 0 Å². The van der Waals surface area contributed by atoms with Gasteiger partial charge in [-0.2, -0.15) is 5.10 Å². The van der Waals surface area contributed by atoms with Crippen molar-refractivity contribution < 1.29 is 14.3 Å². The Morgan fingerprint density at radius 2 is 1.85 bits per heavy atom. The van der Waals surface area contributed by atoms with Crippen LogP contribution in [0, 0.1) is 5.41 Å². The molecule has 26 heavy (non-hydrogen) atoms. The predicted molar refractivity (Wildman–Crippen MR) is 97.9 cm³/mol. The molecule has 6 heteroatoms. The first-order chi connectivity index (χ1) is 12.4. The average Bonchev–Trinajstić information content (AvgIpc) is 3.20. The van der Waals surface area contributed by atoms with Crippen molar-refractivity contribution in [3.05, 3.63) is 17.5 Å². The lowest BCUT2D eigenvalue weighted by Crippen LogP contribution is -2.50. The zero-order valence-electron chi connectivity index (χ0n) is 16.3. The molecule has 0 atom stereocenters. The summed E-state index contributed by atoms with van der Waals surface area (Å²) in [5, 5.41) is 4.74. The van der Waals surface area contributed by atoms with Crippen LogP contribution >= 0.6 is 0 Å². The maximum Gasteiger partial charge on any atom is 0.127 e. The van der Waals surface area contributed by atoms with Gasteiger partial charge in [-0.25, -0.2) is 0 Å². The number of rotatable bonds is 4. The molecule has 0 radical (unpaired) electrons. The van der Waals surface area contributed by atoms with Gasteiger partial charge in [0.25, 0.3) is 0 Å². The first-order valence-electron chi connectivity index (χ1n) is 9.86. The van der Waals surface area contributed by atoms with Gasteiger partial charge < -0.3 is 19.2 Å². The Morgan fingerprint density at radius 1 is 1.15 bits per heavy atom. The lowest BCUT2D eigenvalue weighted by Gasteiger charge is -2.44. The zero-order valence-corrected chi connectivity index (χ0v) is 16.3. The normalized spacial score (nSPS) is 27.2. The Bertz CT molecular complexity index is 668. The lowest BCUT2D eigenvalue weighted by atomic mass is 9.80. The van der Waals surface area contributed by atoms with Crippen molar-refractivity contribution in [2.24, 2.45) is 5.41 Å². The molecule has 0 aromatic carbocycles. The van der Waals surface area contributed by atoms with Gasteiger partial charge in [0.05, 0.1) is 24.0 Å². The topological polar surface area (TPSA) is 56.6 Å².